The zero-order chi connectivity index (χ0) is 12.6. The second-order valence-corrected chi connectivity index (χ2v) is 5.17. The molecule has 0 radical (unpaired) electrons. The van der Waals surface area contributed by atoms with Gasteiger partial charge in [-0.2, -0.15) is 0 Å². The molecule has 0 bridgehead atoms. The molecule has 92 valence electrons. The topological polar surface area (TPSA) is 55.8 Å². The Morgan fingerprint density at radius 3 is 2.65 bits per heavy atom. The van der Waals surface area contributed by atoms with Crippen molar-refractivity contribution in [2.24, 2.45) is 0 Å². The lowest BCUT2D eigenvalue weighted by Crippen LogP contribution is -2.36. The normalized spacial score (nSPS) is 18.9. The van der Waals surface area contributed by atoms with Crippen molar-refractivity contribution >= 4 is 5.97 Å². The molecule has 0 aliphatic carbocycles. The van der Waals surface area contributed by atoms with Gasteiger partial charge < -0.3 is 14.6 Å². The number of aliphatic carboxylic acids is 1. The second kappa shape index (κ2) is 3.95. The van der Waals surface area contributed by atoms with E-state index in [1.165, 1.54) is 0 Å². The maximum Gasteiger partial charge on any atom is 0.348 e. The highest BCUT2D eigenvalue weighted by molar-refractivity contribution is 5.73. The van der Waals surface area contributed by atoms with E-state index in [4.69, 9.17) is 14.6 Å². The van der Waals surface area contributed by atoms with Gasteiger partial charge >= 0.3 is 5.97 Å². The van der Waals surface area contributed by atoms with Gasteiger partial charge in [0.05, 0.1) is 0 Å². The van der Waals surface area contributed by atoms with E-state index < -0.39 is 12.1 Å². The molecule has 0 fully saturated rings. The average Bonchev–Trinajstić information content (AvgIpc) is 2.26. The fourth-order valence-corrected chi connectivity index (χ4v) is 1.66. The van der Waals surface area contributed by atoms with Gasteiger partial charge in [0.1, 0.15) is 6.61 Å². The van der Waals surface area contributed by atoms with Gasteiger partial charge in [-0.25, -0.2) is 4.79 Å². The highest BCUT2D eigenvalue weighted by atomic mass is 16.6. The highest BCUT2D eigenvalue weighted by Gasteiger charge is 2.28. The Labute approximate surface area is 100 Å². The molecule has 4 heteroatoms. The molecular formula is C13H16O4. The smallest absolute Gasteiger partial charge is 0.348 e. The first-order valence-electron chi connectivity index (χ1n) is 5.55. The average molecular weight is 236 g/mol. The zero-order valence-electron chi connectivity index (χ0n) is 10.2. The minimum atomic E-state index is -1.00. The molecule has 1 aromatic carbocycles. The summed E-state index contributed by atoms with van der Waals surface area (Å²) < 4.78 is 10.8. The van der Waals surface area contributed by atoms with Crippen LogP contribution in [0.25, 0.3) is 0 Å². The Bertz CT molecular complexity index is 445. The van der Waals surface area contributed by atoms with Crippen molar-refractivity contribution < 1.29 is 19.4 Å². The largest absolute Gasteiger partial charge is 0.485 e. The number of benzene rings is 1. The van der Waals surface area contributed by atoms with Crippen molar-refractivity contribution in [3.63, 3.8) is 0 Å². The minimum absolute atomic E-state index is 0.00540. The van der Waals surface area contributed by atoms with Crippen molar-refractivity contribution in [2.75, 3.05) is 6.61 Å². The van der Waals surface area contributed by atoms with Crippen LogP contribution < -0.4 is 9.47 Å². The van der Waals surface area contributed by atoms with E-state index in [2.05, 4.69) is 20.8 Å². The monoisotopic (exact) mass is 236 g/mol. The third kappa shape index (κ3) is 2.35. The first-order valence-corrected chi connectivity index (χ1v) is 5.55. The molecule has 1 N–H and O–H groups in total. The van der Waals surface area contributed by atoms with Gasteiger partial charge in [-0.1, -0.05) is 26.8 Å². The third-order valence-corrected chi connectivity index (χ3v) is 2.74. The predicted octanol–water partition coefficient (Wildman–Crippen LogP) is 2.21. The lowest BCUT2D eigenvalue weighted by atomic mass is 9.87. The van der Waals surface area contributed by atoms with Crippen LogP contribution >= 0.6 is 0 Å². The number of hydrogen-bond donors (Lipinski definition) is 1. The number of hydrogen-bond acceptors (Lipinski definition) is 3. The van der Waals surface area contributed by atoms with E-state index in [0.29, 0.717) is 11.5 Å². The summed E-state index contributed by atoms with van der Waals surface area (Å²) >= 11 is 0. The van der Waals surface area contributed by atoms with Crippen LogP contribution in [-0.4, -0.2) is 23.8 Å². The van der Waals surface area contributed by atoms with Gasteiger partial charge in [0, 0.05) is 0 Å². The van der Waals surface area contributed by atoms with Crippen LogP contribution in [-0.2, 0) is 10.2 Å². The summed E-state index contributed by atoms with van der Waals surface area (Å²) in [7, 11) is 0. The molecular weight excluding hydrogens is 220 g/mol. The fourth-order valence-electron chi connectivity index (χ4n) is 1.66. The summed E-state index contributed by atoms with van der Waals surface area (Å²) in [5.74, 6) is 0.114. The number of carboxylic acid groups (broad SMARTS) is 1. The van der Waals surface area contributed by atoms with Gasteiger partial charge in [-0.05, 0) is 23.1 Å². The molecule has 1 aliphatic heterocycles. The Balaban J connectivity index is 2.32. The molecule has 0 aromatic heterocycles. The second-order valence-electron chi connectivity index (χ2n) is 5.17. The maximum atomic E-state index is 10.8. The van der Waals surface area contributed by atoms with Gasteiger partial charge in [0.15, 0.2) is 11.5 Å². The number of carbonyl (C=O) groups is 1. The van der Waals surface area contributed by atoms with Crippen LogP contribution in [0.3, 0.4) is 0 Å². The van der Waals surface area contributed by atoms with Crippen molar-refractivity contribution in [3.05, 3.63) is 23.8 Å². The minimum Gasteiger partial charge on any atom is -0.485 e. The van der Waals surface area contributed by atoms with E-state index in [1.807, 2.05) is 18.2 Å². The van der Waals surface area contributed by atoms with Gasteiger partial charge in [-0.3, -0.25) is 0 Å². The molecule has 1 aliphatic rings. The maximum absolute atomic E-state index is 10.8. The van der Waals surface area contributed by atoms with Crippen molar-refractivity contribution in [1.82, 2.24) is 0 Å². The quantitative estimate of drug-likeness (QED) is 0.812. The molecule has 0 saturated heterocycles. The standard InChI is InChI=1S/C13H16O4/c1-13(2,3)8-4-5-9-10(6-8)17-11(7-16-9)12(14)15/h4-6,11H,7H2,1-3H3,(H,14,15). The van der Waals surface area contributed by atoms with Crippen LogP contribution in [0.1, 0.15) is 26.3 Å². The SMILES string of the molecule is CC(C)(C)c1ccc2c(c1)OC(C(=O)O)CO2. The zero-order valence-corrected chi connectivity index (χ0v) is 10.2. The summed E-state index contributed by atoms with van der Waals surface area (Å²) in [5.41, 5.74) is 1.08. The molecule has 1 aromatic rings. The number of fused-ring (bicyclic) bond motifs is 1. The Kier molecular flexibility index (Phi) is 2.73. The molecule has 0 spiro atoms. The summed E-state index contributed by atoms with van der Waals surface area (Å²) in [4.78, 5) is 10.8. The lowest BCUT2D eigenvalue weighted by molar-refractivity contribution is -0.147. The summed E-state index contributed by atoms with van der Waals surface area (Å²) in [6.45, 7) is 6.32. The molecule has 1 unspecified atom stereocenters. The van der Waals surface area contributed by atoms with Crippen LogP contribution in [0.15, 0.2) is 18.2 Å². The number of carboxylic acids is 1. The van der Waals surface area contributed by atoms with Crippen LogP contribution in [0.5, 0.6) is 11.5 Å². The van der Waals surface area contributed by atoms with Gasteiger partial charge in [0.25, 0.3) is 0 Å². The number of ether oxygens (including phenoxy) is 2. The molecule has 1 atom stereocenters. The Morgan fingerprint density at radius 2 is 2.06 bits per heavy atom. The van der Waals surface area contributed by atoms with Crippen LogP contribution in [0.4, 0.5) is 0 Å². The first kappa shape index (κ1) is 11.8. The molecule has 4 nitrogen and oxygen atoms in total. The molecule has 1 heterocycles. The first-order chi connectivity index (χ1) is 7.88. The molecule has 17 heavy (non-hydrogen) atoms. The predicted molar refractivity (Wildman–Crippen MR) is 62.7 cm³/mol. The van der Waals surface area contributed by atoms with E-state index in [0.717, 1.165) is 5.56 Å². The van der Waals surface area contributed by atoms with Gasteiger partial charge in [0.2, 0.25) is 6.10 Å². The van der Waals surface area contributed by atoms with E-state index in [1.54, 1.807) is 0 Å². The highest BCUT2D eigenvalue weighted by Crippen LogP contribution is 2.36. The summed E-state index contributed by atoms with van der Waals surface area (Å²) in [5, 5.41) is 8.89. The number of rotatable bonds is 1. The van der Waals surface area contributed by atoms with Gasteiger partial charge in [-0.15, -0.1) is 0 Å². The summed E-state index contributed by atoms with van der Waals surface area (Å²) in [6.07, 6.45) is -0.919. The van der Waals surface area contributed by atoms with E-state index in [9.17, 15) is 4.79 Å². The molecule has 0 amide bonds. The van der Waals surface area contributed by atoms with E-state index >= 15 is 0 Å². The van der Waals surface area contributed by atoms with Crippen molar-refractivity contribution in [1.29, 1.82) is 0 Å². The molecule has 0 saturated carbocycles. The Morgan fingerprint density at radius 1 is 1.35 bits per heavy atom. The van der Waals surface area contributed by atoms with Crippen LogP contribution in [0, 0.1) is 0 Å². The van der Waals surface area contributed by atoms with E-state index in [-0.39, 0.29) is 12.0 Å². The Hall–Kier alpha value is -1.71. The van der Waals surface area contributed by atoms with Crippen molar-refractivity contribution in [2.45, 2.75) is 32.3 Å². The third-order valence-electron chi connectivity index (χ3n) is 2.74. The summed E-state index contributed by atoms with van der Waals surface area (Å²) in [6, 6.07) is 5.65. The fraction of sp³-hybridized carbons (Fsp3) is 0.462. The lowest BCUT2D eigenvalue weighted by Gasteiger charge is -2.26. The van der Waals surface area contributed by atoms with Crippen molar-refractivity contribution in [3.8, 4) is 11.5 Å². The van der Waals surface area contributed by atoms with Crippen LogP contribution in [0.2, 0.25) is 0 Å². The molecule has 2 rings (SSSR count).